The van der Waals surface area contributed by atoms with Gasteiger partial charge in [0.15, 0.2) is 5.82 Å². The Hall–Kier alpha value is -1.42. The molecule has 1 heterocycles. The van der Waals surface area contributed by atoms with E-state index in [9.17, 15) is 4.39 Å². The summed E-state index contributed by atoms with van der Waals surface area (Å²) in [6.45, 7) is 2.67. The van der Waals surface area contributed by atoms with Gasteiger partial charge in [-0.3, -0.25) is 0 Å². The fourth-order valence-electron chi connectivity index (χ4n) is 2.56. The maximum Gasteiger partial charge on any atom is 0.151 e. The van der Waals surface area contributed by atoms with E-state index in [0.717, 1.165) is 30.6 Å². The van der Waals surface area contributed by atoms with Gasteiger partial charge in [-0.05, 0) is 31.4 Å². The van der Waals surface area contributed by atoms with Crippen molar-refractivity contribution in [3.8, 4) is 0 Å². The number of para-hydroxylation sites is 1. The van der Waals surface area contributed by atoms with Crippen LogP contribution in [0.2, 0.25) is 0 Å². The zero-order valence-corrected chi connectivity index (χ0v) is 10.6. The monoisotopic (exact) mass is 247 g/mol. The normalized spacial score (nSPS) is 17.3. The lowest BCUT2D eigenvalue weighted by Crippen LogP contribution is -2.16. The zero-order chi connectivity index (χ0) is 12.7. The van der Waals surface area contributed by atoms with Crippen molar-refractivity contribution < 1.29 is 4.39 Å². The van der Waals surface area contributed by atoms with Gasteiger partial charge in [0.2, 0.25) is 0 Å². The van der Waals surface area contributed by atoms with Gasteiger partial charge in [-0.15, -0.1) is 0 Å². The van der Waals surface area contributed by atoms with Crippen molar-refractivity contribution in [1.29, 1.82) is 0 Å². The van der Waals surface area contributed by atoms with E-state index in [-0.39, 0.29) is 11.7 Å². The lowest BCUT2D eigenvalue weighted by molar-refractivity contribution is 0.580. The molecule has 0 amide bonds. The molecule has 18 heavy (non-hydrogen) atoms. The van der Waals surface area contributed by atoms with Crippen molar-refractivity contribution in [3.05, 3.63) is 29.8 Å². The lowest BCUT2D eigenvalue weighted by atomic mass is 10.1. The Morgan fingerprint density at radius 3 is 2.89 bits per heavy atom. The molecule has 1 aliphatic carbocycles. The molecule has 1 saturated carbocycles. The number of nitrogens with two attached hydrogens (primary N) is 1. The Kier molecular flexibility index (Phi) is 2.82. The summed E-state index contributed by atoms with van der Waals surface area (Å²) >= 11 is 0. The van der Waals surface area contributed by atoms with Gasteiger partial charge in [0.25, 0.3) is 0 Å². The van der Waals surface area contributed by atoms with Crippen LogP contribution < -0.4 is 5.73 Å². The molecule has 1 fully saturated rings. The van der Waals surface area contributed by atoms with E-state index >= 15 is 0 Å². The minimum atomic E-state index is -0.236. The number of imidazole rings is 1. The molecule has 0 aliphatic heterocycles. The Labute approximate surface area is 106 Å². The average Bonchev–Trinajstić information content (AvgIpc) is 3.13. The van der Waals surface area contributed by atoms with Crippen LogP contribution >= 0.6 is 0 Å². The van der Waals surface area contributed by atoms with E-state index in [1.807, 2.05) is 6.07 Å². The number of aromatic nitrogens is 2. The van der Waals surface area contributed by atoms with Crippen LogP contribution in [0.1, 0.15) is 44.0 Å². The fraction of sp³-hybridized carbons (Fsp3) is 0.500. The third kappa shape index (κ3) is 1.72. The van der Waals surface area contributed by atoms with Gasteiger partial charge in [0.1, 0.15) is 11.3 Å². The standard InChI is InChI=1S/C14H18FN3/c1-2-9(8-16)14-17-13-11(15)4-3-5-12(13)18(14)10-6-7-10/h3-5,9-10H,2,6-8,16H2,1H3. The highest BCUT2D eigenvalue weighted by atomic mass is 19.1. The second-order valence-electron chi connectivity index (χ2n) is 5.02. The van der Waals surface area contributed by atoms with Crippen LogP contribution in [0.25, 0.3) is 11.0 Å². The third-order valence-corrected chi connectivity index (χ3v) is 3.75. The Morgan fingerprint density at radius 1 is 1.50 bits per heavy atom. The number of hydrogen-bond donors (Lipinski definition) is 1. The highest BCUT2D eigenvalue weighted by Crippen LogP contribution is 2.40. The molecule has 3 nitrogen and oxygen atoms in total. The van der Waals surface area contributed by atoms with Crippen LogP contribution in [-0.4, -0.2) is 16.1 Å². The first kappa shape index (κ1) is 11.7. The molecule has 1 atom stereocenters. The Morgan fingerprint density at radius 2 is 2.28 bits per heavy atom. The van der Waals surface area contributed by atoms with Gasteiger partial charge in [-0.2, -0.15) is 0 Å². The lowest BCUT2D eigenvalue weighted by Gasteiger charge is -2.14. The van der Waals surface area contributed by atoms with Crippen LogP contribution in [0, 0.1) is 5.82 Å². The quantitative estimate of drug-likeness (QED) is 0.902. The molecule has 2 N–H and O–H groups in total. The smallest absolute Gasteiger partial charge is 0.151 e. The van der Waals surface area contributed by atoms with Crippen molar-refractivity contribution >= 4 is 11.0 Å². The van der Waals surface area contributed by atoms with Crippen molar-refractivity contribution in [2.24, 2.45) is 5.73 Å². The first-order valence-electron chi connectivity index (χ1n) is 6.62. The van der Waals surface area contributed by atoms with E-state index in [1.54, 1.807) is 6.07 Å². The van der Waals surface area contributed by atoms with Gasteiger partial charge in [0.05, 0.1) is 5.52 Å². The second kappa shape index (κ2) is 4.35. The van der Waals surface area contributed by atoms with Gasteiger partial charge in [-0.25, -0.2) is 9.37 Å². The van der Waals surface area contributed by atoms with E-state index in [0.29, 0.717) is 18.1 Å². The molecule has 3 rings (SSSR count). The van der Waals surface area contributed by atoms with Crippen LogP contribution in [-0.2, 0) is 0 Å². The van der Waals surface area contributed by atoms with Gasteiger partial charge in [0, 0.05) is 18.5 Å². The van der Waals surface area contributed by atoms with Crippen LogP contribution in [0.4, 0.5) is 4.39 Å². The minimum absolute atomic E-state index is 0.220. The summed E-state index contributed by atoms with van der Waals surface area (Å²) in [6.07, 6.45) is 3.26. The summed E-state index contributed by atoms with van der Waals surface area (Å²) < 4.78 is 16.0. The SMILES string of the molecule is CCC(CN)c1nc2c(F)cccc2n1C1CC1. The molecule has 0 bridgehead atoms. The predicted octanol–water partition coefficient (Wildman–Crippen LogP) is 2.96. The van der Waals surface area contributed by atoms with Crippen LogP contribution in [0.3, 0.4) is 0 Å². The topological polar surface area (TPSA) is 43.8 Å². The Balaban J connectivity index is 2.23. The molecule has 96 valence electrons. The molecule has 0 saturated heterocycles. The average molecular weight is 247 g/mol. The first-order valence-corrected chi connectivity index (χ1v) is 6.62. The molecule has 1 unspecified atom stereocenters. The largest absolute Gasteiger partial charge is 0.330 e. The van der Waals surface area contributed by atoms with Gasteiger partial charge >= 0.3 is 0 Å². The van der Waals surface area contributed by atoms with Crippen LogP contribution in [0.15, 0.2) is 18.2 Å². The maximum atomic E-state index is 13.8. The van der Waals surface area contributed by atoms with Crippen molar-refractivity contribution in [2.45, 2.75) is 38.1 Å². The number of nitrogens with zero attached hydrogens (tertiary/aromatic N) is 2. The van der Waals surface area contributed by atoms with Gasteiger partial charge < -0.3 is 10.3 Å². The minimum Gasteiger partial charge on any atom is -0.330 e. The number of halogens is 1. The highest BCUT2D eigenvalue weighted by Gasteiger charge is 2.30. The molecule has 0 spiro atoms. The number of benzene rings is 1. The summed E-state index contributed by atoms with van der Waals surface area (Å²) in [5, 5.41) is 0. The summed E-state index contributed by atoms with van der Waals surface area (Å²) in [5.41, 5.74) is 7.23. The summed E-state index contributed by atoms with van der Waals surface area (Å²) in [4.78, 5) is 4.52. The van der Waals surface area contributed by atoms with Crippen molar-refractivity contribution in [2.75, 3.05) is 6.54 Å². The number of rotatable bonds is 4. The van der Waals surface area contributed by atoms with E-state index < -0.39 is 0 Å². The predicted molar refractivity (Wildman–Crippen MR) is 70.0 cm³/mol. The number of fused-ring (bicyclic) bond motifs is 1. The third-order valence-electron chi connectivity index (χ3n) is 3.75. The first-order chi connectivity index (χ1) is 8.76. The van der Waals surface area contributed by atoms with Crippen molar-refractivity contribution in [3.63, 3.8) is 0 Å². The van der Waals surface area contributed by atoms with Gasteiger partial charge in [-0.1, -0.05) is 13.0 Å². The van der Waals surface area contributed by atoms with E-state index in [2.05, 4.69) is 16.5 Å². The van der Waals surface area contributed by atoms with E-state index in [1.165, 1.54) is 6.07 Å². The Bertz CT molecular complexity index is 568. The van der Waals surface area contributed by atoms with E-state index in [4.69, 9.17) is 5.73 Å². The molecule has 2 aromatic rings. The van der Waals surface area contributed by atoms with Crippen molar-refractivity contribution in [1.82, 2.24) is 9.55 Å². The highest BCUT2D eigenvalue weighted by molar-refractivity contribution is 5.77. The molecule has 1 aliphatic rings. The summed E-state index contributed by atoms with van der Waals surface area (Å²) in [7, 11) is 0. The molecular formula is C14H18FN3. The maximum absolute atomic E-state index is 13.8. The molecule has 4 heteroatoms. The molecular weight excluding hydrogens is 229 g/mol. The van der Waals surface area contributed by atoms with Crippen LogP contribution in [0.5, 0.6) is 0 Å². The molecule has 1 aromatic carbocycles. The molecule has 1 aromatic heterocycles. The fourth-order valence-corrected chi connectivity index (χ4v) is 2.56. The zero-order valence-electron chi connectivity index (χ0n) is 10.6. The number of hydrogen-bond acceptors (Lipinski definition) is 2. The molecule has 0 radical (unpaired) electrons. The second-order valence-corrected chi connectivity index (χ2v) is 5.02. The summed E-state index contributed by atoms with van der Waals surface area (Å²) in [5.74, 6) is 0.944. The summed E-state index contributed by atoms with van der Waals surface area (Å²) in [6, 6.07) is 5.68.